The lowest BCUT2D eigenvalue weighted by molar-refractivity contribution is -0.0146. The van der Waals surface area contributed by atoms with Crippen LogP contribution in [0.2, 0.25) is 0 Å². The van der Waals surface area contributed by atoms with Crippen LogP contribution >= 0.6 is 0 Å². The van der Waals surface area contributed by atoms with Crippen LogP contribution in [0.25, 0.3) is 0 Å². The van der Waals surface area contributed by atoms with Gasteiger partial charge in [-0.1, -0.05) is 60.7 Å². The molecule has 0 atom stereocenters. The smallest absolute Gasteiger partial charge is 0.137 e. The van der Waals surface area contributed by atoms with Crippen molar-refractivity contribution in [3.05, 3.63) is 96.3 Å². The normalized spacial score (nSPS) is 15.8. The van der Waals surface area contributed by atoms with E-state index in [2.05, 4.69) is 34.1 Å². The van der Waals surface area contributed by atoms with Gasteiger partial charge in [-0.2, -0.15) is 0 Å². The Morgan fingerprint density at radius 1 is 0.900 bits per heavy atom. The first kappa shape index (κ1) is 20.6. The molecule has 156 valence electrons. The third kappa shape index (κ3) is 4.72. The SMILES string of the molecule is OC(c1ccccc1)(c1ccccc1)C1CCN(CCCOc2cccnc2)CC1. The molecule has 3 aromatic rings. The predicted octanol–water partition coefficient (Wildman–Crippen LogP) is 4.50. The fourth-order valence-corrected chi connectivity index (χ4v) is 4.51. The van der Waals surface area contributed by atoms with Gasteiger partial charge in [0.1, 0.15) is 11.4 Å². The van der Waals surface area contributed by atoms with Crippen molar-refractivity contribution < 1.29 is 9.84 Å². The largest absolute Gasteiger partial charge is 0.492 e. The van der Waals surface area contributed by atoms with Crippen molar-refractivity contribution in [2.24, 2.45) is 5.92 Å². The molecular weight excluding hydrogens is 372 g/mol. The summed E-state index contributed by atoms with van der Waals surface area (Å²) < 4.78 is 5.76. The Morgan fingerprint density at radius 3 is 2.10 bits per heavy atom. The number of benzene rings is 2. The van der Waals surface area contributed by atoms with Crippen LogP contribution in [0.3, 0.4) is 0 Å². The topological polar surface area (TPSA) is 45.6 Å². The molecule has 4 nitrogen and oxygen atoms in total. The number of nitrogens with zero attached hydrogens (tertiary/aromatic N) is 2. The lowest BCUT2D eigenvalue weighted by Crippen LogP contribution is -2.44. The number of rotatable bonds is 8. The van der Waals surface area contributed by atoms with Gasteiger partial charge in [-0.25, -0.2) is 0 Å². The molecule has 30 heavy (non-hydrogen) atoms. The van der Waals surface area contributed by atoms with E-state index < -0.39 is 5.60 Å². The summed E-state index contributed by atoms with van der Waals surface area (Å²) in [6.07, 6.45) is 6.44. The minimum absolute atomic E-state index is 0.199. The first-order valence-electron chi connectivity index (χ1n) is 10.9. The van der Waals surface area contributed by atoms with Crippen molar-refractivity contribution in [2.75, 3.05) is 26.2 Å². The quantitative estimate of drug-likeness (QED) is 0.564. The number of ether oxygens (including phenoxy) is 1. The van der Waals surface area contributed by atoms with Crippen molar-refractivity contribution in [1.29, 1.82) is 0 Å². The number of hydrogen-bond donors (Lipinski definition) is 1. The summed E-state index contributed by atoms with van der Waals surface area (Å²) in [6, 6.07) is 24.1. The Balaban J connectivity index is 1.35. The molecule has 1 N–H and O–H groups in total. The van der Waals surface area contributed by atoms with Gasteiger partial charge in [0.2, 0.25) is 0 Å². The van der Waals surface area contributed by atoms with E-state index in [4.69, 9.17) is 4.74 Å². The van der Waals surface area contributed by atoms with Crippen molar-refractivity contribution in [3.8, 4) is 5.75 Å². The molecule has 0 unspecified atom stereocenters. The van der Waals surface area contributed by atoms with E-state index in [0.717, 1.165) is 55.8 Å². The summed E-state index contributed by atoms with van der Waals surface area (Å²) in [5.74, 6) is 1.03. The predicted molar refractivity (Wildman–Crippen MR) is 119 cm³/mol. The molecule has 0 aliphatic carbocycles. The Labute approximate surface area is 179 Å². The standard InChI is InChI=1S/C26H30N2O2/c29-26(22-9-3-1-4-10-22,23-11-5-2-6-12-23)24-14-18-28(19-15-24)17-8-20-30-25-13-7-16-27-21-25/h1-7,9-13,16,21,24,29H,8,14-15,17-20H2. The molecule has 1 aliphatic heterocycles. The highest BCUT2D eigenvalue weighted by Crippen LogP contribution is 2.41. The molecule has 0 bridgehead atoms. The van der Waals surface area contributed by atoms with Gasteiger partial charge in [0.15, 0.2) is 0 Å². The third-order valence-corrected chi connectivity index (χ3v) is 6.13. The van der Waals surface area contributed by atoms with Crippen molar-refractivity contribution >= 4 is 0 Å². The lowest BCUT2D eigenvalue weighted by atomic mass is 9.72. The lowest BCUT2D eigenvalue weighted by Gasteiger charge is -2.42. The first-order chi connectivity index (χ1) is 14.8. The second-order valence-corrected chi connectivity index (χ2v) is 8.01. The van der Waals surface area contributed by atoms with Gasteiger partial charge in [0, 0.05) is 12.7 Å². The minimum Gasteiger partial charge on any atom is -0.492 e. The third-order valence-electron chi connectivity index (χ3n) is 6.13. The summed E-state index contributed by atoms with van der Waals surface area (Å²) in [5, 5.41) is 12.0. The van der Waals surface area contributed by atoms with Crippen LogP contribution in [0.4, 0.5) is 0 Å². The summed E-state index contributed by atoms with van der Waals surface area (Å²) in [7, 11) is 0. The number of aliphatic hydroxyl groups is 1. The number of aromatic nitrogens is 1. The zero-order chi connectivity index (χ0) is 20.7. The van der Waals surface area contributed by atoms with Crippen LogP contribution in [0.1, 0.15) is 30.4 Å². The highest BCUT2D eigenvalue weighted by Gasteiger charge is 2.41. The van der Waals surface area contributed by atoms with Gasteiger partial charge in [-0.3, -0.25) is 4.98 Å². The summed E-state index contributed by atoms with van der Waals surface area (Å²) in [6.45, 7) is 3.71. The van der Waals surface area contributed by atoms with Gasteiger partial charge < -0.3 is 14.7 Å². The number of hydrogen-bond acceptors (Lipinski definition) is 4. The van der Waals surface area contributed by atoms with E-state index in [1.807, 2.05) is 48.5 Å². The second kappa shape index (κ2) is 9.88. The Kier molecular flexibility index (Phi) is 6.77. The fraction of sp³-hybridized carbons (Fsp3) is 0.346. The summed E-state index contributed by atoms with van der Waals surface area (Å²) >= 11 is 0. The molecule has 4 heteroatoms. The molecule has 0 saturated carbocycles. The minimum atomic E-state index is -0.946. The van der Waals surface area contributed by atoms with E-state index in [0.29, 0.717) is 6.61 Å². The van der Waals surface area contributed by atoms with Gasteiger partial charge >= 0.3 is 0 Å². The Morgan fingerprint density at radius 2 is 1.53 bits per heavy atom. The monoisotopic (exact) mass is 402 g/mol. The maximum absolute atomic E-state index is 12.0. The molecule has 2 aromatic carbocycles. The van der Waals surface area contributed by atoms with E-state index >= 15 is 0 Å². The van der Waals surface area contributed by atoms with Crippen LogP contribution in [0.5, 0.6) is 5.75 Å². The maximum atomic E-state index is 12.0. The zero-order valence-corrected chi connectivity index (χ0v) is 17.4. The highest BCUT2D eigenvalue weighted by atomic mass is 16.5. The zero-order valence-electron chi connectivity index (χ0n) is 17.4. The fourth-order valence-electron chi connectivity index (χ4n) is 4.51. The van der Waals surface area contributed by atoms with Crippen molar-refractivity contribution in [2.45, 2.75) is 24.9 Å². The number of piperidine rings is 1. The Bertz CT molecular complexity index is 839. The number of pyridine rings is 1. The van der Waals surface area contributed by atoms with E-state index in [1.165, 1.54) is 0 Å². The van der Waals surface area contributed by atoms with E-state index in [1.54, 1.807) is 12.4 Å². The molecule has 1 aromatic heterocycles. The first-order valence-corrected chi connectivity index (χ1v) is 10.9. The van der Waals surface area contributed by atoms with E-state index in [-0.39, 0.29) is 5.92 Å². The second-order valence-electron chi connectivity index (χ2n) is 8.01. The van der Waals surface area contributed by atoms with Crippen LogP contribution in [0.15, 0.2) is 85.2 Å². The van der Waals surface area contributed by atoms with Gasteiger partial charge in [-0.05, 0) is 61.5 Å². The van der Waals surface area contributed by atoms with Gasteiger partial charge in [0.25, 0.3) is 0 Å². The molecule has 0 spiro atoms. The summed E-state index contributed by atoms with van der Waals surface area (Å²) in [4.78, 5) is 6.56. The molecule has 0 radical (unpaired) electrons. The van der Waals surface area contributed by atoms with Gasteiger partial charge in [-0.15, -0.1) is 0 Å². The van der Waals surface area contributed by atoms with Crippen LogP contribution < -0.4 is 4.74 Å². The number of likely N-dealkylation sites (tertiary alicyclic amines) is 1. The Hall–Kier alpha value is -2.69. The van der Waals surface area contributed by atoms with Crippen LogP contribution in [0, 0.1) is 5.92 Å². The van der Waals surface area contributed by atoms with Crippen molar-refractivity contribution in [1.82, 2.24) is 9.88 Å². The molecule has 4 rings (SSSR count). The molecule has 0 amide bonds. The molecule has 1 fully saturated rings. The maximum Gasteiger partial charge on any atom is 0.137 e. The van der Waals surface area contributed by atoms with Crippen LogP contribution in [-0.2, 0) is 5.60 Å². The molecular formula is C26H30N2O2. The molecule has 2 heterocycles. The molecule has 1 saturated heterocycles. The van der Waals surface area contributed by atoms with Crippen LogP contribution in [-0.4, -0.2) is 41.2 Å². The summed E-state index contributed by atoms with van der Waals surface area (Å²) in [5.41, 5.74) is 1.02. The van der Waals surface area contributed by atoms with Gasteiger partial charge in [0.05, 0.1) is 12.8 Å². The average molecular weight is 403 g/mol. The van der Waals surface area contributed by atoms with Crippen molar-refractivity contribution in [3.63, 3.8) is 0 Å². The average Bonchev–Trinajstić information content (AvgIpc) is 2.83. The van der Waals surface area contributed by atoms with E-state index in [9.17, 15) is 5.11 Å². The highest BCUT2D eigenvalue weighted by molar-refractivity contribution is 5.37. The molecule has 1 aliphatic rings.